The monoisotopic (exact) mass is 306 g/mol. The van der Waals surface area contributed by atoms with Gasteiger partial charge in [0.15, 0.2) is 0 Å². The predicted octanol–water partition coefficient (Wildman–Crippen LogP) is 2.56. The fourth-order valence-corrected chi connectivity index (χ4v) is 3.82. The molecule has 1 aliphatic heterocycles. The van der Waals surface area contributed by atoms with Crippen molar-refractivity contribution in [3.05, 3.63) is 27.3 Å². The molecule has 1 aromatic carbocycles. The Balaban J connectivity index is 2.00. The second-order valence-electron chi connectivity index (χ2n) is 5.46. The Bertz CT molecular complexity index is 685. The average molecular weight is 306 g/mol. The van der Waals surface area contributed by atoms with Gasteiger partial charge in [0, 0.05) is 19.2 Å². The summed E-state index contributed by atoms with van der Waals surface area (Å²) < 4.78 is 0.883. The summed E-state index contributed by atoms with van der Waals surface area (Å²) in [5, 5.41) is 15.5. The molecule has 1 unspecified atom stereocenters. The maximum Gasteiger partial charge on any atom is 0.294 e. The number of anilines is 1. The predicted molar refractivity (Wildman–Crippen MR) is 85.3 cm³/mol. The van der Waals surface area contributed by atoms with Gasteiger partial charge in [-0.05, 0) is 38.9 Å². The van der Waals surface area contributed by atoms with Crippen molar-refractivity contribution in [1.29, 1.82) is 0 Å². The zero-order valence-corrected chi connectivity index (χ0v) is 12.9. The molecule has 0 amide bonds. The molecule has 6 nitrogen and oxygen atoms in total. The van der Waals surface area contributed by atoms with Gasteiger partial charge >= 0.3 is 0 Å². The lowest BCUT2D eigenvalue weighted by atomic mass is 10.1. The van der Waals surface area contributed by atoms with E-state index in [-0.39, 0.29) is 10.6 Å². The normalized spacial score (nSPS) is 18.6. The van der Waals surface area contributed by atoms with Crippen LogP contribution in [0.3, 0.4) is 0 Å². The van der Waals surface area contributed by atoms with Crippen molar-refractivity contribution in [2.75, 3.05) is 31.6 Å². The van der Waals surface area contributed by atoms with Gasteiger partial charge in [-0.15, -0.1) is 11.3 Å². The lowest BCUT2D eigenvalue weighted by Gasteiger charge is -2.18. The van der Waals surface area contributed by atoms with E-state index in [1.165, 1.54) is 11.3 Å². The summed E-state index contributed by atoms with van der Waals surface area (Å²) >= 11 is 1.50. The van der Waals surface area contributed by atoms with Crippen LogP contribution < -0.4 is 10.2 Å². The highest BCUT2D eigenvalue weighted by Gasteiger charge is 2.28. The minimum atomic E-state index is -0.283. The van der Waals surface area contributed by atoms with E-state index in [4.69, 9.17) is 0 Å². The zero-order valence-electron chi connectivity index (χ0n) is 12.1. The van der Waals surface area contributed by atoms with Crippen molar-refractivity contribution in [2.45, 2.75) is 13.3 Å². The van der Waals surface area contributed by atoms with Crippen molar-refractivity contribution in [3.8, 4) is 0 Å². The third-order valence-electron chi connectivity index (χ3n) is 3.91. The number of aromatic nitrogens is 1. The SMILES string of the molecule is CNCC1CCN(c2cc3nc(C)sc3cc2[N+](=O)[O-])C1. The van der Waals surface area contributed by atoms with Crippen LogP contribution in [0.2, 0.25) is 0 Å². The van der Waals surface area contributed by atoms with Crippen LogP contribution in [0.25, 0.3) is 10.2 Å². The van der Waals surface area contributed by atoms with E-state index >= 15 is 0 Å². The summed E-state index contributed by atoms with van der Waals surface area (Å²) in [5.41, 5.74) is 1.75. The van der Waals surface area contributed by atoms with Gasteiger partial charge in [0.2, 0.25) is 0 Å². The van der Waals surface area contributed by atoms with Gasteiger partial charge in [-0.25, -0.2) is 4.98 Å². The Hall–Kier alpha value is -1.73. The van der Waals surface area contributed by atoms with Crippen LogP contribution in [-0.2, 0) is 0 Å². The smallest absolute Gasteiger partial charge is 0.294 e. The first-order valence-corrected chi connectivity index (χ1v) is 7.85. The number of nitrogens with zero attached hydrogens (tertiary/aromatic N) is 3. The molecule has 21 heavy (non-hydrogen) atoms. The third-order valence-corrected chi connectivity index (χ3v) is 4.84. The second-order valence-corrected chi connectivity index (χ2v) is 6.69. The Labute approximate surface area is 126 Å². The number of thiazole rings is 1. The molecule has 2 heterocycles. The quantitative estimate of drug-likeness (QED) is 0.694. The minimum absolute atomic E-state index is 0.191. The number of nitro benzene ring substituents is 1. The molecule has 1 saturated heterocycles. The number of hydrogen-bond acceptors (Lipinski definition) is 6. The zero-order chi connectivity index (χ0) is 15.0. The van der Waals surface area contributed by atoms with E-state index in [1.807, 2.05) is 20.0 Å². The summed E-state index contributed by atoms with van der Waals surface area (Å²) in [7, 11) is 1.94. The largest absolute Gasteiger partial charge is 0.366 e. The lowest BCUT2D eigenvalue weighted by Crippen LogP contribution is -2.24. The summed E-state index contributed by atoms with van der Waals surface area (Å²) in [6.07, 6.45) is 1.06. The average Bonchev–Trinajstić information content (AvgIpc) is 3.02. The Morgan fingerprint density at radius 3 is 3.10 bits per heavy atom. The van der Waals surface area contributed by atoms with Crippen molar-refractivity contribution in [3.63, 3.8) is 0 Å². The van der Waals surface area contributed by atoms with Crippen LogP contribution >= 0.6 is 11.3 Å². The Morgan fingerprint density at radius 1 is 1.57 bits per heavy atom. The second kappa shape index (κ2) is 5.57. The summed E-state index contributed by atoms with van der Waals surface area (Å²) in [5.74, 6) is 0.544. The van der Waals surface area contributed by atoms with Crippen LogP contribution in [0.1, 0.15) is 11.4 Å². The Kier molecular flexibility index (Phi) is 3.77. The van der Waals surface area contributed by atoms with Crippen LogP contribution in [0.4, 0.5) is 11.4 Å². The molecule has 0 bridgehead atoms. The number of rotatable bonds is 4. The highest BCUT2D eigenvalue weighted by molar-refractivity contribution is 7.18. The van der Waals surface area contributed by atoms with Crippen molar-refractivity contribution in [1.82, 2.24) is 10.3 Å². The first-order valence-electron chi connectivity index (χ1n) is 7.03. The lowest BCUT2D eigenvalue weighted by molar-refractivity contribution is -0.384. The van der Waals surface area contributed by atoms with Gasteiger partial charge in [-0.2, -0.15) is 0 Å². The van der Waals surface area contributed by atoms with E-state index in [2.05, 4.69) is 15.2 Å². The topological polar surface area (TPSA) is 71.3 Å². The Morgan fingerprint density at radius 2 is 2.38 bits per heavy atom. The van der Waals surface area contributed by atoms with Gasteiger partial charge in [0.25, 0.3) is 5.69 Å². The summed E-state index contributed by atoms with van der Waals surface area (Å²) in [6.45, 7) is 4.59. The molecule has 0 saturated carbocycles. The van der Waals surface area contributed by atoms with Gasteiger partial charge < -0.3 is 10.2 Å². The standard InChI is InChI=1S/C14H18N4O2S/c1-9-16-11-5-12(13(18(19)20)6-14(11)21-9)17-4-3-10(8-17)7-15-2/h5-6,10,15H,3-4,7-8H2,1-2H3. The molecular weight excluding hydrogens is 288 g/mol. The van der Waals surface area contributed by atoms with Crippen LogP contribution in [-0.4, -0.2) is 36.6 Å². The fourth-order valence-electron chi connectivity index (χ4n) is 2.97. The summed E-state index contributed by atoms with van der Waals surface area (Å²) in [6, 6.07) is 3.54. The molecule has 2 aromatic rings. The maximum absolute atomic E-state index is 11.4. The van der Waals surface area contributed by atoms with E-state index in [9.17, 15) is 10.1 Å². The molecule has 1 aromatic heterocycles. The first-order chi connectivity index (χ1) is 10.1. The summed E-state index contributed by atoms with van der Waals surface area (Å²) in [4.78, 5) is 17.7. The molecule has 1 aliphatic rings. The highest BCUT2D eigenvalue weighted by Crippen LogP contribution is 2.37. The van der Waals surface area contributed by atoms with E-state index in [0.717, 1.165) is 41.3 Å². The highest BCUT2D eigenvalue weighted by atomic mass is 32.1. The van der Waals surface area contributed by atoms with Crippen LogP contribution in [0.15, 0.2) is 12.1 Å². The van der Waals surface area contributed by atoms with E-state index in [0.29, 0.717) is 11.6 Å². The molecule has 1 N–H and O–H groups in total. The molecule has 1 atom stereocenters. The van der Waals surface area contributed by atoms with E-state index in [1.54, 1.807) is 6.07 Å². The third kappa shape index (κ3) is 2.71. The molecule has 3 rings (SSSR count). The van der Waals surface area contributed by atoms with Gasteiger partial charge in [0.1, 0.15) is 5.69 Å². The minimum Gasteiger partial charge on any atom is -0.366 e. The number of aryl methyl sites for hydroxylation is 1. The van der Waals surface area contributed by atoms with Crippen molar-refractivity contribution >= 4 is 32.9 Å². The molecule has 1 fully saturated rings. The van der Waals surface area contributed by atoms with Gasteiger partial charge in [-0.1, -0.05) is 0 Å². The number of nitro groups is 1. The number of hydrogen-bond donors (Lipinski definition) is 1. The van der Waals surface area contributed by atoms with Gasteiger partial charge in [-0.3, -0.25) is 10.1 Å². The van der Waals surface area contributed by atoms with Gasteiger partial charge in [0.05, 0.1) is 20.1 Å². The molecule has 112 valence electrons. The number of benzene rings is 1. The molecule has 0 radical (unpaired) electrons. The molecule has 7 heteroatoms. The molecular formula is C14H18N4O2S. The first kappa shape index (κ1) is 14.2. The molecule has 0 spiro atoms. The molecule has 0 aliphatic carbocycles. The van der Waals surface area contributed by atoms with Crippen LogP contribution in [0, 0.1) is 23.0 Å². The van der Waals surface area contributed by atoms with Crippen LogP contribution in [0.5, 0.6) is 0 Å². The fraction of sp³-hybridized carbons (Fsp3) is 0.500. The van der Waals surface area contributed by atoms with Crippen molar-refractivity contribution in [2.24, 2.45) is 5.92 Å². The number of nitrogens with one attached hydrogen (secondary N) is 1. The maximum atomic E-state index is 11.4. The number of fused-ring (bicyclic) bond motifs is 1. The van der Waals surface area contributed by atoms with Crippen molar-refractivity contribution < 1.29 is 4.92 Å². The van der Waals surface area contributed by atoms with E-state index < -0.39 is 0 Å².